The maximum atomic E-state index is 13.9. The SMILES string of the molecule is CC1(C)C2=CC(=[N+]3CC(F)(F)C3)C=CC2=C(c2cc(C(=O)CCCOCCOCCCCCCCl)ccc2C(=O)O)c2ccc(N3CCC3)cc21. The lowest BCUT2D eigenvalue weighted by Gasteiger charge is -2.41. The van der Waals surface area contributed by atoms with Gasteiger partial charge in [0.15, 0.2) is 5.78 Å². The number of carbonyl (C=O) groups is 2. The van der Waals surface area contributed by atoms with Crippen LogP contribution in [0.3, 0.4) is 0 Å². The average molecular weight is 722 g/mol. The van der Waals surface area contributed by atoms with E-state index in [1.165, 1.54) is 6.07 Å². The first-order valence-corrected chi connectivity index (χ1v) is 18.7. The fourth-order valence-corrected chi connectivity index (χ4v) is 7.53. The molecule has 0 aromatic heterocycles. The van der Waals surface area contributed by atoms with Crippen LogP contribution < -0.4 is 4.90 Å². The Morgan fingerprint density at radius 2 is 1.63 bits per heavy atom. The summed E-state index contributed by atoms with van der Waals surface area (Å²) in [6.07, 6.45) is 11.9. The number of allylic oxidation sites excluding steroid dienone is 5. The number of carboxylic acids is 1. The van der Waals surface area contributed by atoms with Crippen LogP contribution >= 0.6 is 11.6 Å². The maximum Gasteiger partial charge on any atom is 0.361 e. The van der Waals surface area contributed by atoms with Gasteiger partial charge in [-0.15, -0.1) is 11.6 Å². The largest absolute Gasteiger partial charge is 0.478 e. The Balaban J connectivity index is 1.25. The zero-order valence-corrected chi connectivity index (χ0v) is 30.4. The minimum Gasteiger partial charge on any atom is -0.478 e. The van der Waals surface area contributed by atoms with Crippen LogP contribution in [0.4, 0.5) is 14.5 Å². The summed E-state index contributed by atoms with van der Waals surface area (Å²) in [5, 5.41) is 10.4. The van der Waals surface area contributed by atoms with Gasteiger partial charge in [0.05, 0.1) is 18.8 Å². The normalized spacial score (nSPS) is 18.5. The second-order valence-corrected chi connectivity index (χ2v) is 14.8. The molecule has 10 heteroatoms. The molecule has 2 saturated heterocycles. The number of benzene rings is 2. The first-order chi connectivity index (χ1) is 24.5. The molecule has 0 unspecified atom stereocenters. The summed E-state index contributed by atoms with van der Waals surface area (Å²) in [6, 6.07) is 11.2. The Bertz CT molecular complexity index is 1780. The molecule has 4 aliphatic rings. The minimum absolute atomic E-state index is 0.0932. The molecule has 2 aliphatic heterocycles. The number of alkyl halides is 3. The lowest BCUT2D eigenvalue weighted by atomic mass is 9.64. The molecular weight excluding hydrogens is 674 g/mol. The molecule has 2 heterocycles. The molecule has 2 aromatic rings. The van der Waals surface area contributed by atoms with Gasteiger partial charge in [-0.1, -0.05) is 38.8 Å². The van der Waals surface area contributed by atoms with Gasteiger partial charge in [-0.25, -0.2) is 9.37 Å². The van der Waals surface area contributed by atoms with E-state index in [0.717, 1.165) is 78.7 Å². The molecule has 6 rings (SSSR count). The Morgan fingerprint density at radius 3 is 2.29 bits per heavy atom. The summed E-state index contributed by atoms with van der Waals surface area (Å²) in [5.74, 6) is -3.20. The van der Waals surface area contributed by atoms with Gasteiger partial charge < -0.3 is 19.5 Å². The number of aromatic carboxylic acids is 1. The molecular formula is C41H48ClF2N2O5+. The van der Waals surface area contributed by atoms with Crippen molar-refractivity contribution in [3.8, 4) is 0 Å². The van der Waals surface area contributed by atoms with Gasteiger partial charge in [0.25, 0.3) is 0 Å². The van der Waals surface area contributed by atoms with Crippen LogP contribution in [0.15, 0.2) is 65.8 Å². The molecule has 7 nitrogen and oxygen atoms in total. The highest BCUT2D eigenvalue weighted by Gasteiger charge is 2.51. The number of nitrogens with zero attached hydrogens (tertiary/aromatic N) is 2. The third-order valence-electron chi connectivity index (χ3n) is 10.4. The van der Waals surface area contributed by atoms with E-state index in [4.69, 9.17) is 21.1 Å². The number of carboxylic acid groups (broad SMARTS) is 1. The standard InChI is InChI=1S/C41H47ClF2N2O5/c1-40(2)35-24-29(45-17-8-18-45)11-14-32(35)38(33-15-12-30(25-36(33)40)46-26-41(43,44)27-46)34-23-28(10-13-31(34)39(48)49)37(47)9-7-20-51-22-21-50-19-6-4-3-5-16-42/h10-15,23-25H,3-9,16-22,26-27H2,1-2H3/p+1. The fraction of sp³-hybridized carbons (Fsp3) is 0.488. The van der Waals surface area contributed by atoms with Gasteiger partial charge >= 0.3 is 11.9 Å². The summed E-state index contributed by atoms with van der Waals surface area (Å²) in [4.78, 5) is 28.5. The lowest BCUT2D eigenvalue weighted by Crippen LogP contribution is -2.52. The molecule has 0 saturated carbocycles. The van der Waals surface area contributed by atoms with E-state index < -0.39 is 17.3 Å². The van der Waals surface area contributed by atoms with E-state index in [1.807, 2.05) is 18.2 Å². The molecule has 2 aliphatic carbocycles. The summed E-state index contributed by atoms with van der Waals surface area (Å²) in [6.45, 7) is 7.63. The molecule has 2 fully saturated rings. The van der Waals surface area contributed by atoms with E-state index in [0.29, 0.717) is 55.6 Å². The van der Waals surface area contributed by atoms with E-state index in [2.05, 4.69) is 36.9 Å². The highest BCUT2D eigenvalue weighted by Crippen LogP contribution is 2.51. The van der Waals surface area contributed by atoms with Crippen LogP contribution in [0.5, 0.6) is 0 Å². The number of ketones is 1. The number of hydrogen-bond donors (Lipinski definition) is 1. The van der Waals surface area contributed by atoms with Gasteiger partial charge in [0.1, 0.15) is 0 Å². The van der Waals surface area contributed by atoms with Gasteiger partial charge in [-0.3, -0.25) is 4.79 Å². The second-order valence-electron chi connectivity index (χ2n) is 14.4. The average Bonchev–Trinajstić information content (AvgIpc) is 3.07. The van der Waals surface area contributed by atoms with E-state index in [9.17, 15) is 23.5 Å². The van der Waals surface area contributed by atoms with Gasteiger partial charge in [-0.05, 0) is 89.4 Å². The zero-order chi connectivity index (χ0) is 36.2. The summed E-state index contributed by atoms with van der Waals surface area (Å²) >= 11 is 5.71. The van der Waals surface area contributed by atoms with Crippen LogP contribution in [-0.2, 0) is 14.9 Å². The number of ether oxygens (including phenoxy) is 2. The highest BCUT2D eigenvalue weighted by molar-refractivity contribution is 6.17. The van der Waals surface area contributed by atoms with E-state index in [1.54, 1.807) is 16.7 Å². The number of unbranched alkanes of at least 4 members (excludes halogenated alkanes) is 3. The minimum atomic E-state index is -2.71. The Morgan fingerprint density at radius 1 is 0.902 bits per heavy atom. The van der Waals surface area contributed by atoms with Gasteiger partial charge in [-0.2, -0.15) is 8.78 Å². The Kier molecular flexibility index (Phi) is 11.6. The zero-order valence-electron chi connectivity index (χ0n) is 29.6. The molecule has 0 spiro atoms. The smallest absolute Gasteiger partial charge is 0.361 e. The van der Waals surface area contributed by atoms with E-state index in [-0.39, 0.29) is 30.9 Å². The van der Waals surface area contributed by atoms with Crippen LogP contribution in [0.2, 0.25) is 0 Å². The van der Waals surface area contributed by atoms with Crippen LogP contribution in [-0.4, -0.2) is 91.6 Å². The molecule has 2 aromatic carbocycles. The number of halogens is 3. The number of fused-ring (bicyclic) bond motifs is 2. The monoisotopic (exact) mass is 721 g/mol. The van der Waals surface area contributed by atoms with Crippen LogP contribution in [0, 0.1) is 0 Å². The summed E-state index contributed by atoms with van der Waals surface area (Å²) in [7, 11) is 0. The van der Waals surface area contributed by atoms with Crippen molar-refractivity contribution < 1.29 is 37.5 Å². The topological polar surface area (TPSA) is 79.1 Å². The quantitative estimate of drug-likeness (QED) is 0.0771. The van der Waals surface area contributed by atoms with Crippen molar-refractivity contribution in [3.63, 3.8) is 0 Å². The van der Waals surface area contributed by atoms with Crippen molar-refractivity contribution in [1.29, 1.82) is 0 Å². The molecule has 51 heavy (non-hydrogen) atoms. The lowest BCUT2D eigenvalue weighted by molar-refractivity contribution is -0.638. The number of Topliss-reactive ketones (excluding diaryl/α,β-unsaturated/α-hetero) is 1. The maximum absolute atomic E-state index is 13.9. The number of hydrogen-bond acceptors (Lipinski definition) is 5. The van der Waals surface area contributed by atoms with Crippen molar-refractivity contribution in [2.45, 2.75) is 70.1 Å². The van der Waals surface area contributed by atoms with Gasteiger partial charge in [0.2, 0.25) is 18.8 Å². The number of rotatable bonds is 17. The first kappa shape index (κ1) is 37.1. The third kappa shape index (κ3) is 8.21. The molecule has 0 atom stereocenters. The molecule has 0 amide bonds. The number of anilines is 1. The Hall–Kier alpha value is -3.66. The van der Waals surface area contributed by atoms with Crippen molar-refractivity contribution in [3.05, 3.63) is 93.6 Å². The number of carbonyl (C=O) groups excluding carboxylic acids is 1. The molecule has 1 N–H and O–H groups in total. The third-order valence-corrected chi connectivity index (χ3v) is 10.7. The van der Waals surface area contributed by atoms with Crippen molar-refractivity contribution in [1.82, 2.24) is 0 Å². The van der Waals surface area contributed by atoms with Crippen molar-refractivity contribution >= 4 is 40.3 Å². The van der Waals surface area contributed by atoms with E-state index >= 15 is 0 Å². The Labute approximate surface area is 304 Å². The van der Waals surface area contributed by atoms with Crippen molar-refractivity contribution in [2.24, 2.45) is 0 Å². The van der Waals surface area contributed by atoms with Crippen LogP contribution in [0.25, 0.3) is 5.57 Å². The summed E-state index contributed by atoms with van der Waals surface area (Å²) < 4.78 is 40.8. The molecule has 272 valence electrons. The highest BCUT2D eigenvalue weighted by atomic mass is 35.5. The predicted octanol–water partition coefficient (Wildman–Crippen LogP) is 8.08. The fourth-order valence-electron chi connectivity index (χ4n) is 7.34. The summed E-state index contributed by atoms with van der Waals surface area (Å²) in [5.41, 5.74) is 6.71. The predicted molar refractivity (Wildman–Crippen MR) is 197 cm³/mol. The molecule has 0 radical (unpaired) electrons. The van der Waals surface area contributed by atoms with Crippen LogP contribution in [0.1, 0.15) is 96.2 Å². The van der Waals surface area contributed by atoms with Gasteiger partial charge in [0, 0.05) is 67.4 Å². The first-order valence-electron chi connectivity index (χ1n) is 18.2. The van der Waals surface area contributed by atoms with Crippen molar-refractivity contribution in [2.75, 3.05) is 63.4 Å². The second kappa shape index (κ2) is 15.9. The molecule has 0 bridgehead atoms.